The molecule has 0 saturated heterocycles. The average molecular weight is 304 g/mol. The van der Waals surface area contributed by atoms with E-state index in [1.54, 1.807) is 18.3 Å². The third-order valence-electron chi connectivity index (χ3n) is 1.44. The molecule has 0 aromatic carbocycles. The molecule has 13 heavy (non-hydrogen) atoms. The van der Waals surface area contributed by atoms with Crippen molar-refractivity contribution in [3.8, 4) is 10.7 Å². The van der Waals surface area contributed by atoms with Gasteiger partial charge < -0.3 is 5.73 Å². The van der Waals surface area contributed by atoms with E-state index in [0.29, 0.717) is 11.4 Å². The van der Waals surface area contributed by atoms with Crippen LogP contribution in [0, 0.1) is 3.01 Å². The number of hydrogen-bond acceptors (Lipinski definition) is 5. The lowest BCUT2D eigenvalue weighted by Gasteiger charge is -1.97. The molecule has 2 heterocycles. The number of halogens is 1. The Labute approximate surface area is 92.4 Å². The molecule has 0 bridgehead atoms. The number of pyridine rings is 1. The second-order valence-corrected chi connectivity index (χ2v) is 5.03. The van der Waals surface area contributed by atoms with Crippen molar-refractivity contribution in [2.45, 2.75) is 0 Å². The van der Waals surface area contributed by atoms with Gasteiger partial charge in [0.25, 0.3) is 0 Å². The largest absolute Gasteiger partial charge is 0.397 e. The van der Waals surface area contributed by atoms with Crippen molar-refractivity contribution in [3.05, 3.63) is 21.3 Å². The minimum atomic E-state index is 0.634. The summed E-state index contributed by atoms with van der Waals surface area (Å²) in [6.45, 7) is 0. The maximum absolute atomic E-state index is 5.74. The van der Waals surface area contributed by atoms with E-state index in [1.165, 1.54) is 11.3 Å². The predicted molar refractivity (Wildman–Crippen MR) is 60.3 cm³/mol. The lowest BCUT2D eigenvalue weighted by Crippen LogP contribution is -1.91. The molecule has 0 atom stereocenters. The summed E-state index contributed by atoms with van der Waals surface area (Å²) in [4.78, 5) is 4.14. The number of rotatable bonds is 1. The van der Waals surface area contributed by atoms with E-state index < -0.39 is 0 Å². The van der Waals surface area contributed by atoms with Crippen LogP contribution in [-0.2, 0) is 0 Å². The number of aromatic nitrogens is 3. The zero-order chi connectivity index (χ0) is 9.26. The normalized spacial score (nSPS) is 10.2. The third-order valence-corrected chi connectivity index (χ3v) is 3.04. The van der Waals surface area contributed by atoms with Gasteiger partial charge in [-0.15, -0.1) is 10.2 Å². The first-order chi connectivity index (χ1) is 6.27. The van der Waals surface area contributed by atoms with Crippen LogP contribution in [-0.4, -0.2) is 15.2 Å². The van der Waals surface area contributed by atoms with Gasteiger partial charge in [0, 0.05) is 6.20 Å². The second-order valence-electron chi connectivity index (χ2n) is 2.30. The van der Waals surface area contributed by atoms with Crippen molar-refractivity contribution >= 4 is 39.6 Å². The molecule has 6 heteroatoms. The van der Waals surface area contributed by atoms with Crippen LogP contribution in [0.1, 0.15) is 0 Å². The summed E-state index contributed by atoms with van der Waals surface area (Å²) in [6.07, 6.45) is 1.69. The molecule has 0 unspecified atom stereocenters. The Morgan fingerprint density at radius 1 is 1.38 bits per heavy atom. The van der Waals surface area contributed by atoms with Crippen LogP contribution in [0.5, 0.6) is 0 Å². The van der Waals surface area contributed by atoms with E-state index in [9.17, 15) is 0 Å². The van der Waals surface area contributed by atoms with E-state index in [4.69, 9.17) is 5.73 Å². The molecule has 0 saturated carbocycles. The number of anilines is 1. The zero-order valence-corrected chi connectivity index (χ0v) is 9.41. The Kier molecular flexibility index (Phi) is 2.40. The Bertz CT molecular complexity index is 428. The van der Waals surface area contributed by atoms with E-state index in [-0.39, 0.29) is 0 Å². The van der Waals surface area contributed by atoms with Crippen LogP contribution in [0.3, 0.4) is 0 Å². The third kappa shape index (κ3) is 1.78. The van der Waals surface area contributed by atoms with Gasteiger partial charge in [0.1, 0.15) is 5.69 Å². The summed E-state index contributed by atoms with van der Waals surface area (Å²) in [6, 6.07) is 3.60. The summed E-state index contributed by atoms with van der Waals surface area (Å²) in [5, 5.41) is 8.63. The minimum absolute atomic E-state index is 0.634. The van der Waals surface area contributed by atoms with Crippen molar-refractivity contribution in [3.63, 3.8) is 0 Å². The van der Waals surface area contributed by atoms with Gasteiger partial charge in [-0.25, -0.2) is 0 Å². The van der Waals surface area contributed by atoms with Crippen LogP contribution in [0.4, 0.5) is 5.69 Å². The predicted octanol–water partition coefficient (Wildman–Crippen LogP) is 1.79. The van der Waals surface area contributed by atoms with E-state index in [0.717, 1.165) is 8.02 Å². The van der Waals surface area contributed by atoms with E-state index in [2.05, 4.69) is 37.8 Å². The zero-order valence-electron chi connectivity index (χ0n) is 6.44. The highest BCUT2D eigenvalue weighted by Gasteiger charge is 2.08. The van der Waals surface area contributed by atoms with Crippen molar-refractivity contribution in [2.75, 3.05) is 5.73 Å². The van der Waals surface area contributed by atoms with Gasteiger partial charge in [-0.05, 0) is 34.7 Å². The van der Waals surface area contributed by atoms with Gasteiger partial charge in [0.15, 0.2) is 8.02 Å². The SMILES string of the molecule is Nc1cccnc1-c1nnc(I)s1. The van der Waals surface area contributed by atoms with Crippen LogP contribution in [0.15, 0.2) is 18.3 Å². The summed E-state index contributed by atoms with van der Waals surface area (Å²) < 4.78 is 0.887. The number of nitrogens with two attached hydrogens (primary N) is 1. The molecule has 0 spiro atoms. The molecule has 66 valence electrons. The monoisotopic (exact) mass is 304 g/mol. The van der Waals surface area contributed by atoms with Gasteiger partial charge in [-0.3, -0.25) is 4.98 Å². The van der Waals surface area contributed by atoms with E-state index in [1.807, 2.05) is 0 Å². The van der Waals surface area contributed by atoms with Crippen molar-refractivity contribution < 1.29 is 0 Å². The van der Waals surface area contributed by atoms with Crippen LogP contribution in [0.25, 0.3) is 10.7 Å². The molecule has 2 rings (SSSR count). The maximum atomic E-state index is 5.74. The van der Waals surface area contributed by atoms with Gasteiger partial charge in [0.05, 0.1) is 5.69 Å². The van der Waals surface area contributed by atoms with Crippen molar-refractivity contribution in [1.29, 1.82) is 0 Å². The number of hydrogen-bond donors (Lipinski definition) is 1. The van der Waals surface area contributed by atoms with Gasteiger partial charge >= 0.3 is 0 Å². The van der Waals surface area contributed by atoms with Crippen LogP contribution >= 0.6 is 33.9 Å². The summed E-state index contributed by atoms with van der Waals surface area (Å²) in [5.41, 5.74) is 7.08. The fraction of sp³-hybridized carbons (Fsp3) is 0. The molecule has 4 nitrogen and oxygen atoms in total. The van der Waals surface area contributed by atoms with Gasteiger partial charge in [-0.2, -0.15) is 0 Å². The first-order valence-electron chi connectivity index (χ1n) is 3.47. The number of nitrogens with zero attached hydrogens (tertiary/aromatic N) is 3. The van der Waals surface area contributed by atoms with Crippen LogP contribution < -0.4 is 5.73 Å². The Balaban J connectivity index is 2.52. The molecular weight excluding hydrogens is 299 g/mol. The van der Waals surface area contributed by atoms with Gasteiger partial charge in [-0.1, -0.05) is 11.3 Å². The smallest absolute Gasteiger partial charge is 0.178 e. The first kappa shape index (κ1) is 8.82. The summed E-state index contributed by atoms with van der Waals surface area (Å²) in [7, 11) is 0. The molecule has 0 radical (unpaired) electrons. The van der Waals surface area contributed by atoms with Gasteiger partial charge in [0.2, 0.25) is 0 Å². The Morgan fingerprint density at radius 2 is 2.23 bits per heavy atom. The standard InChI is InChI=1S/C7H5IN4S/c8-7-12-11-6(13-7)5-4(9)2-1-3-10-5/h1-3H,9H2. The Morgan fingerprint density at radius 3 is 2.85 bits per heavy atom. The molecule has 0 fully saturated rings. The van der Waals surface area contributed by atoms with Crippen LogP contribution in [0.2, 0.25) is 0 Å². The molecule has 0 amide bonds. The highest BCUT2D eigenvalue weighted by Crippen LogP contribution is 2.26. The fourth-order valence-electron chi connectivity index (χ4n) is 0.897. The van der Waals surface area contributed by atoms with Crippen molar-refractivity contribution in [1.82, 2.24) is 15.2 Å². The highest BCUT2D eigenvalue weighted by molar-refractivity contribution is 14.1. The molecule has 2 aromatic rings. The molecular formula is C7H5IN4S. The first-order valence-corrected chi connectivity index (χ1v) is 5.37. The fourth-order valence-corrected chi connectivity index (χ4v) is 2.22. The highest BCUT2D eigenvalue weighted by atomic mass is 127. The summed E-state index contributed by atoms with van der Waals surface area (Å²) in [5.74, 6) is 0. The molecule has 2 N–H and O–H groups in total. The molecule has 0 aliphatic heterocycles. The average Bonchev–Trinajstić information content (AvgIpc) is 2.53. The maximum Gasteiger partial charge on any atom is 0.178 e. The molecule has 0 aliphatic rings. The number of nitrogen functional groups attached to an aromatic ring is 1. The lowest BCUT2D eigenvalue weighted by atomic mass is 10.3. The Hall–Kier alpha value is -0.760. The molecule has 2 aromatic heterocycles. The lowest BCUT2D eigenvalue weighted by molar-refractivity contribution is 1.07. The summed E-state index contributed by atoms with van der Waals surface area (Å²) >= 11 is 3.59. The quantitative estimate of drug-likeness (QED) is 0.816. The molecule has 0 aliphatic carbocycles. The minimum Gasteiger partial charge on any atom is -0.397 e. The topological polar surface area (TPSA) is 64.7 Å². The van der Waals surface area contributed by atoms with E-state index >= 15 is 0 Å². The second kappa shape index (κ2) is 3.54. The van der Waals surface area contributed by atoms with Crippen molar-refractivity contribution in [2.24, 2.45) is 0 Å².